The monoisotopic (exact) mass is 478 g/mol. The minimum absolute atomic E-state index is 0.0612. The quantitative estimate of drug-likeness (QED) is 0.471. The highest BCUT2D eigenvalue weighted by Gasteiger charge is 2.33. The second kappa shape index (κ2) is 11.4. The molecular formula is C28H34N2O5. The van der Waals surface area contributed by atoms with Crippen LogP contribution in [-0.4, -0.2) is 41.8 Å². The molecule has 0 heterocycles. The lowest BCUT2D eigenvalue weighted by Crippen LogP contribution is -2.52. The van der Waals surface area contributed by atoms with E-state index in [1.54, 1.807) is 0 Å². The van der Waals surface area contributed by atoms with Crippen molar-refractivity contribution in [2.75, 3.05) is 6.61 Å². The first-order valence-corrected chi connectivity index (χ1v) is 12.6. The van der Waals surface area contributed by atoms with Crippen LogP contribution in [0.15, 0.2) is 48.5 Å². The number of benzene rings is 2. The summed E-state index contributed by atoms with van der Waals surface area (Å²) in [6, 6.07) is 15.0. The fourth-order valence-electron chi connectivity index (χ4n) is 5.40. The van der Waals surface area contributed by atoms with E-state index in [2.05, 4.69) is 34.9 Å². The van der Waals surface area contributed by atoms with Crippen LogP contribution >= 0.6 is 0 Å². The van der Waals surface area contributed by atoms with E-state index in [9.17, 15) is 19.5 Å². The summed E-state index contributed by atoms with van der Waals surface area (Å²) >= 11 is 0. The smallest absolute Gasteiger partial charge is 0.407 e. The van der Waals surface area contributed by atoms with E-state index in [1.807, 2.05) is 31.2 Å². The van der Waals surface area contributed by atoms with E-state index in [4.69, 9.17) is 4.74 Å². The number of carboxylic acids is 1. The number of amides is 2. The molecule has 7 heteroatoms. The lowest BCUT2D eigenvalue weighted by Gasteiger charge is -2.26. The van der Waals surface area contributed by atoms with Crippen LogP contribution in [0.2, 0.25) is 0 Å². The summed E-state index contributed by atoms with van der Waals surface area (Å²) in [7, 11) is 0. The molecule has 0 saturated heterocycles. The molecule has 0 spiro atoms. The second-order valence-electron chi connectivity index (χ2n) is 9.51. The van der Waals surface area contributed by atoms with Gasteiger partial charge >= 0.3 is 12.1 Å². The third kappa shape index (κ3) is 5.66. The van der Waals surface area contributed by atoms with Gasteiger partial charge in [0.1, 0.15) is 12.6 Å². The van der Waals surface area contributed by atoms with E-state index < -0.39 is 30.1 Å². The SMILES string of the molecule is CCCC(NC(=O)OCC1c2ccccc2-c2ccccc21)C(=O)N[C@@H]1CCCCC[C@@H]1C(=O)O. The number of nitrogens with one attached hydrogen (secondary N) is 2. The predicted octanol–water partition coefficient (Wildman–Crippen LogP) is 4.84. The van der Waals surface area contributed by atoms with Crippen molar-refractivity contribution in [3.05, 3.63) is 59.7 Å². The number of ether oxygens (including phenoxy) is 1. The lowest BCUT2D eigenvalue weighted by molar-refractivity contribution is -0.143. The van der Waals surface area contributed by atoms with Gasteiger partial charge < -0.3 is 20.5 Å². The van der Waals surface area contributed by atoms with Gasteiger partial charge in [0.25, 0.3) is 0 Å². The first-order chi connectivity index (χ1) is 17.0. The highest BCUT2D eigenvalue weighted by molar-refractivity contribution is 5.86. The van der Waals surface area contributed by atoms with Crippen molar-refractivity contribution in [1.82, 2.24) is 10.6 Å². The number of hydrogen-bond donors (Lipinski definition) is 3. The average Bonchev–Trinajstić information content (AvgIpc) is 2.98. The topological polar surface area (TPSA) is 105 Å². The molecule has 186 valence electrons. The zero-order valence-electron chi connectivity index (χ0n) is 20.2. The van der Waals surface area contributed by atoms with Gasteiger partial charge in [-0.25, -0.2) is 4.79 Å². The molecule has 3 N–H and O–H groups in total. The van der Waals surface area contributed by atoms with Gasteiger partial charge in [-0.1, -0.05) is 81.1 Å². The van der Waals surface area contributed by atoms with E-state index in [-0.39, 0.29) is 18.4 Å². The molecule has 0 aromatic heterocycles. The van der Waals surface area contributed by atoms with Gasteiger partial charge in [0.15, 0.2) is 0 Å². The molecule has 1 fully saturated rings. The Bertz CT molecular complexity index is 1020. The molecule has 4 rings (SSSR count). The first-order valence-electron chi connectivity index (χ1n) is 12.6. The second-order valence-corrected chi connectivity index (χ2v) is 9.51. The van der Waals surface area contributed by atoms with Gasteiger partial charge in [0.05, 0.1) is 5.92 Å². The number of carbonyl (C=O) groups excluding carboxylic acids is 2. The Balaban J connectivity index is 1.38. The maximum atomic E-state index is 13.0. The number of carbonyl (C=O) groups is 3. The molecule has 2 aromatic carbocycles. The van der Waals surface area contributed by atoms with Crippen LogP contribution in [0.5, 0.6) is 0 Å². The number of carboxylic acid groups (broad SMARTS) is 1. The van der Waals surface area contributed by atoms with E-state index in [0.29, 0.717) is 25.7 Å². The fraction of sp³-hybridized carbons (Fsp3) is 0.464. The molecule has 0 radical (unpaired) electrons. The zero-order chi connectivity index (χ0) is 24.8. The lowest BCUT2D eigenvalue weighted by atomic mass is 9.94. The Hall–Kier alpha value is -3.35. The molecule has 7 nitrogen and oxygen atoms in total. The molecule has 0 aliphatic heterocycles. The Kier molecular flexibility index (Phi) is 8.06. The Morgan fingerprint density at radius 3 is 2.23 bits per heavy atom. The van der Waals surface area contributed by atoms with Gasteiger partial charge in [-0.3, -0.25) is 9.59 Å². The molecule has 35 heavy (non-hydrogen) atoms. The summed E-state index contributed by atoms with van der Waals surface area (Å²) in [6.07, 6.45) is 4.37. The molecule has 2 aliphatic rings. The van der Waals surface area contributed by atoms with E-state index in [1.165, 1.54) is 0 Å². The fourth-order valence-corrected chi connectivity index (χ4v) is 5.40. The molecule has 2 aromatic rings. The molecule has 2 aliphatic carbocycles. The minimum atomic E-state index is -0.881. The highest BCUT2D eigenvalue weighted by atomic mass is 16.5. The maximum Gasteiger partial charge on any atom is 0.407 e. The van der Waals surface area contributed by atoms with Crippen LogP contribution in [0.25, 0.3) is 11.1 Å². The Morgan fingerprint density at radius 1 is 0.971 bits per heavy atom. The molecular weight excluding hydrogens is 444 g/mol. The summed E-state index contributed by atoms with van der Waals surface area (Å²) in [4.78, 5) is 37.5. The molecule has 0 bridgehead atoms. The first kappa shape index (κ1) is 24.8. The predicted molar refractivity (Wildman–Crippen MR) is 133 cm³/mol. The summed E-state index contributed by atoms with van der Waals surface area (Å²) in [6.45, 7) is 2.11. The third-order valence-corrected chi connectivity index (χ3v) is 7.19. The van der Waals surface area contributed by atoms with Crippen molar-refractivity contribution < 1.29 is 24.2 Å². The molecule has 3 atom stereocenters. The van der Waals surface area contributed by atoms with Crippen LogP contribution < -0.4 is 10.6 Å². The Morgan fingerprint density at radius 2 is 1.60 bits per heavy atom. The standard InChI is InChI=1S/C28H34N2O5/c1-2-10-25(26(31)29-24-16-5-3-4-15-22(24)27(32)33)30-28(34)35-17-23-20-13-8-6-11-18(20)19-12-7-9-14-21(19)23/h6-9,11-14,22-25H,2-5,10,15-17H2,1H3,(H,29,31)(H,30,34)(H,32,33)/t22-,24+,25?/m0/s1. The van der Waals surface area contributed by atoms with Gasteiger partial charge in [-0.15, -0.1) is 0 Å². The van der Waals surface area contributed by atoms with Crippen LogP contribution in [-0.2, 0) is 14.3 Å². The van der Waals surface area contributed by atoms with Crippen molar-refractivity contribution in [1.29, 1.82) is 0 Å². The van der Waals surface area contributed by atoms with Gasteiger partial charge in [0.2, 0.25) is 5.91 Å². The van der Waals surface area contributed by atoms with Crippen molar-refractivity contribution in [3.8, 4) is 11.1 Å². The summed E-state index contributed by atoms with van der Waals surface area (Å²) < 4.78 is 5.61. The average molecular weight is 479 g/mol. The minimum Gasteiger partial charge on any atom is -0.481 e. The van der Waals surface area contributed by atoms with E-state index >= 15 is 0 Å². The number of aliphatic carboxylic acids is 1. The number of rotatable bonds is 8. The van der Waals surface area contributed by atoms with Crippen LogP contribution in [0, 0.1) is 5.92 Å². The van der Waals surface area contributed by atoms with Crippen molar-refractivity contribution >= 4 is 18.0 Å². The van der Waals surface area contributed by atoms with Gasteiger partial charge in [-0.2, -0.15) is 0 Å². The zero-order valence-corrected chi connectivity index (χ0v) is 20.2. The molecule has 2 amide bonds. The summed E-state index contributed by atoms with van der Waals surface area (Å²) in [5.41, 5.74) is 4.54. The van der Waals surface area contributed by atoms with Crippen molar-refractivity contribution in [2.45, 2.75) is 69.9 Å². The van der Waals surface area contributed by atoms with Gasteiger partial charge in [-0.05, 0) is 41.5 Å². The number of alkyl carbamates (subject to hydrolysis) is 1. The highest BCUT2D eigenvalue weighted by Crippen LogP contribution is 2.44. The van der Waals surface area contributed by atoms with E-state index in [0.717, 1.165) is 41.5 Å². The third-order valence-electron chi connectivity index (χ3n) is 7.19. The normalized spacial score (nSPS) is 20.1. The summed E-state index contributed by atoms with van der Waals surface area (Å²) in [5.74, 6) is -1.89. The molecule has 1 saturated carbocycles. The largest absolute Gasteiger partial charge is 0.481 e. The van der Waals surface area contributed by atoms with Gasteiger partial charge in [0, 0.05) is 12.0 Å². The summed E-state index contributed by atoms with van der Waals surface area (Å²) in [5, 5.41) is 15.2. The maximum absolute atomic E-state index is 13.0. The number of fused-ring (bicyclic) bond motifs is 3. The molecule has 1 unspecified atom stereocenters. The van der Waals surface area contributed by atoms with Crippen LogP contribution in [0.3, 0.4) is 0 Å². The number of hydrogen-bond acceptors (Lipinski definition) is 4. The van der Waals surface area contributed by atoms with Crippen molar-refractivity contribution in [3.63, 3.8) is 0 Å². The Labute approximate surface area is 206 Å². The van der Waals surface area contributed by atoms with Crippen LogP contribution in [0.4, 0.5) is 4.79 Å². The van der Waals surface area contributed by atoms with Crippen LogP contribution in [0.1, 0.15) is 68.9 Å². The van der Waals surface area contributed by atoms with Crippen molar-refractivity contribution in [2.24, 2.45) is 5.92 Å².